The summed E-state index contributed by atoms with van der Waals surface area (Å²) in [6.45, 7) is -0.0666. The quantitative estimate of drug-likeness (QED) is 0.418. The topological polar surface area (TPSA) is 118 Å². The van der Waals surface area contributed by atoms with Crippen molar-refractivity contribution in [2.45, 2.75) is 50.1 Å². The molecule has 39 heavy (non-hydrogen) atoms. The molecule has 2 fully saturated rings. The number of alkyl halides is 1. The predicted molar refractivity (Wildman–Crippen MR) is 147 cm³/mol. The molecule has 1 saturated carbocycles. The molecule has 5 rings (SSSR count). The fourth-order valence-electron chi connectivity index (χ4n) is 6.42. The third-order valence-corrected chi connectivity index (χ3v) is 8.61. The second-order valence-electron chi connectivity index (χ2n) is 10.9. The van der Waals surface area contributed by atoms with Crippen LogP contribution in [0.1, 0.15) is 54.1 Å². The highest BCUT2D eigenvalue weighted by molar-refractivity contribution is 6.01. The molecule has 2 heterocycles. The summed E-state index contributed by atoms with van der Waals surface area (Å²) in [6, 6.07) is 15.5. The first-order valence-electron chi connectivity index (χ1n) is 13.6. The zero-order valence-electron chi connectivity index (χ0n) is 22.1. The molecule has 1 aliphatic carbocycles. The number of hydrogen-bond acceptors (Lipinski definition) is 4. The Morgan fingerprint density at radius 3 is 2.44 bits per heavy atom. The van der Waals surface area contributed by atoms with Crippen molar-refractivity contribution < 1.29 is 23.9 Å². The molecule has 1 aromatic heterocycles. The molecule has 0 spiro atoms. The van der Waals surface area contributed by atoms with Crippen molar-refractivity contribution in [1.82, 2.24) is 9.47 Å². The maximum Gasteiger partial charge on any atom is 0.352 e. The Bertz CT molecular complexity index is 1370. The first-order valence-corrected chi connectivity index (χ1v) is 13.6. The van der Waals surface area contributed by atoms with E-state index in [0.717, 1.165) is 11.1 Å². The highest BCUT2D eigenvalue weighted by Crippen LogP contribution is 2.38. The Hall–Kier alpha value is -3.72. The first kappa shape index (κ1) is 26.9. The Morgan fingerprint density at radius 2 is 1.77 bits per heavy atom. The Balaban J connectivity index is 1.38. The van der Waals surface area contributed by atoms with Gasteiger partial charge in [0.25, 0.3) is 0 Å². The van der Waals surface area contributed by atoms with Crippen LogP contribution in [0.4, 0.5) is 10.1 Å². The summed E-state index contributed by atoms with van der Waals surface area (Å²) < 4.78 is 14.7. The molecule has 2 aliphatic rings. The van der Waals surface area contributed by atoms with Gasteiger partial charge in [-0.15, -0.1) is 0 Å². The minimum Gasteiger partial charge on any atom is -0.477 e. The monoisotopic (exact) mass is 534 g/mol. The standard InChI is InChI=1S/C30H35FN4O4/c1-34-25-12-11-22(15-21(25)16-26(34)30(38)39)33-28(36)27-23(18-5-3-2-4-6-18)13-14-35(27)29(37)20-9-7-19(8-10-20)24(32)17-31/h2-6,11-12,15-16,19-20,23-24,27H,7-10,13-14,17,32H2,1H3,(H,33,36)(H,38,39)/t19-,20-,23-,24?,27-/m0/s1. The van der Waals surface area contributed by atoms with Crippen LogP contribution in [0.5, 0.6) is 0 Å². The number of carboxylic acids is 1. The van der Waals surface area contributed by atoms with Crippen molar-refractivity contribution in [2.75, 3.05) is 18.5 Å². The van der Waals surface area contributed by atoms with Gasteiger partial charge in [0.1, 0.15) is 18.4 Å². The van der Waals surface area contributed by atoms with Gasteiger partial charge in [-0.1, -0.05) is 30.3 Å². The maximum absolute atomic E-state index is 13.8. The lowest BCUT2D eigenvalue weighted by molar-refractivity contribution is -0.141. The number of carboxylic acid groups (broad SMARTS) is 1. The van der Waals surface area contributed by atoms with Crippen LogP contribution in [0.2, 0.25) is 0 Å². The van der Waals surface area contributed by atoms with Gasteiger partial charge in [-0.3, -0.25) is 9.59 Å². The predicted octanol–water partition coefficient (Wildman–Crippen LogP) is 4.30. The lowest BCUT2D eigenvalue weighted by Gasteiger charge is -2.35. The number of rotatable bonds is 7. The van der Waals surface area contributed by atoms with E-state index in [4.69, 9.17) is 5.73 Å². The van der Waals surface area contributed by atoms with Crippen molar-refractivity contribution in [1.29, 1.82) is 0 Å². The van der Waals surface area contributed by atoms with Gasteiger partial charge >= 0.3 is 5.97 Å². The van der Waals surface area contributed by atoms with E-state index in [1.807, 2.05) is 30.3 Å². The van der Waals surface area contributed by atoms with E-state index in [1.165, 1.54) is 0 Å². The molecule has 3 atom stereocenters. The summed E-state index contributed by atoms with van der Waals surface area (Å²) in [6.07, 6.45) is 3.40. The van der Waals surface area contributed by atoms with Gasteiger partial charge in [0.05, 0.1) is 0 Å². The molecule has 1 unspecified atom stereocenters. The van der Waals surface area contributed by atoms with Crippen LogP contribution in [-0.4, -0.2) is 57.7 Å². The minimum absolute atomic E-state index is 0.0227. The van der Waals surface area contributed by atoms with E-state index in [2.05, 4.69) is 5.32 Å². The SMILES string of the molecule is Cn1c(C(=O)O)cc2cc(NC(=O)[C@@H]3[C@H](c4ccccc4)CCN3C(=O)[C@H]3CC[C@H](C(N)CF)CC3)ccc21. The molecule has 0 bridgehead atoms. The van der Waals surface area contributed by atoms with Crippen LogP contribution in [-0.2, 0) is 16.6 Å². The fourth-order valence-corrected chi connectivity index (χ4v) is 6.42. The van der Waals surface area contributed by atoms with Crippen LogP contribution < -0.4 is 11.1 Å². The smallest absolute Gasteiger partial charge is 0.352 e. The number of aryl methyl sites for hydroxylation is 1. The summed E-state index contributed by atoms with van der Waals surface area (Å²) in [4.78, 5) is 40.9. The number of carbonyl (C=O) groups excluding carboxylic acids is 2. The maximum atomic E-state index is 13.8. The van der Waals surface area contributed by atoms with Crippen molar-refractivity contribution in [2.24, 2.45) is 24.6 Å². The molecule has 1 saturated heterocycles. The number of fused-ring (bicyclic) bond motifs is 1. The molecule has 1 aliphatic heterocycles. The second kappa shape index (κ2) is 11.2. The number of benzene rings is 2. The molecular weight excluding hydrogens is 499 g/mol. The summed E-state index contributed by atoms with van der Waals surface area (Å²) in [5, 5.41) is 13.2. The average molecular weight is 535 g/mol. The van der Waals surface area contributed by atoms with Crippen LogP contribution in [0.3, 0.4) is 0 Å². The molecule has 3 aromatic rings. The van der Waals surface area contributed by atoms with Crippen molar-refractivity contribution >= 4 is 34.4 Å². The highest BCUT2D eigenvalue weighted by Gasteiger charge is 2.44. The largest absolute Gasteiger partial charge is 0.477 e. The third kappa shape index (κ3) is 5.28. The van der Waals surface area contributed by atoms with Gasteiger partial charge in [0.2, 0.25) is 11.8 Å². The number of hydrogen-bond donors (Lipinski definition) is 3. The molecule has 2 amide bonds. The Labute approximate surface area is 227 Å². The Morgan fingerprint density at radius 1 is 1.05 bits per heavy atom. The van der Waals surface area contributed by atoms with Crippen LogP contribution in [0.15, 0.2) is 54.6 Å². The number of halogens is 1. The highest BCUT2D eigenvalue weighted by atomic mass is 19.1. The van der Waals surface area contributed by atoms with Gasteiger partial charge in [-0.25, -0.2) is 9.18 Å². The van der Waals surface area contributed by atoms with E-state index < -0.39 is 24.7 Å². The van der Waals surface area contributed by atoms with E-state index >= 15 is 0 Å². The van der Waals surface area contributed by atoms with Gasteiger partial charge in [0.15, 0.2) is 0 Å². The summed E-state index contributed by atoms with van der Waals surface area (Å²) in [7, 11) is 1.69. The number of nitrogens with two attached hydrogens (primary N) is 1. The van der Waals surface area contributed by atoms with Crippen molar-refractivity contribution in [3.8, 4) is 0 Å². The van der Waals surface area contributed by atoms with Gasteiger partial charge in [-0.05, 0) is 67.9 Å². The molecule has 206 valence electrons. The van der Waals surface area contributed by atoms with E-state index in [9.17, 15) is 23.9 Å². The van der Waals surface area contributed by atoms with Crippen molar-refractivity contribution in [3.63, 3.8) is 0 Å². The van der Waals surface area contributed by atoms with E-state index in [0.29, 0.717) is 49.7 Å². The molecule has 0 radical (unpaired) electrons. The number of nitrogens with zero attached hydrogens (tertiary/aromatic N) is 2. The zero-order valence-corrected chi connectivity index (χ0v) is 22.1. The molecule has 9 heteroatoms. The van der Waals surface area contributed by atoms with Crippen LogP contribution >= 0.6 is 0 Å². The van der Waals surface area contributed by atoms with Crippen LogP contribution in [0, 0.1) is 11.8 Å². The van der Waals surface area contributed by atoms with E-state index in [1.54, 1.807) is 40.8 Å². The Kier molecular flexibility index (Phi) is 7.70. The van der Waals surface area contributed by atoms with E-state index in [-0.39, 0.29) is 35.3 Å². The number of nitrogens with one attached hydrogen (secondary N) is 1. The molecule has 2 aromatic carbocycles. The van der Waals surface area contributed by atoms with Crippen molar-refractivity contribution in [3.05, 3.63) is 65.9 Å². The summed E-state index contributed by atoms with van der Waals surface area (Å²) >= 11 is 0. The number of aromatic nitrogens is 1. The molecule has 4 N–H and O–H groups in total. The lowest BCUT2D eigenvalue weighted by Crippen LogP contribution is -2.48. The number of aromatic carboxylic acids is 1. The van der Waals surface area contributed by atoms with Gasteiger partial charge in [0, 0.05) is 48.1 Å². The third-order valence-electron chi connectivity index (χ3n) is 8.61. The lowest BCUT2D eigenvalue weighted by atomic mass is 9.78. The number of likely N-dealkylation sites (tertiary alicyclic amines) is 1. The number of anilines is 1. The van der Waals surface area contributed by atoms with Crippen LogP contribution in [0.25, 0.3) is 10.9 Å². The summed E-state index contributed by atoms with van der Waals surface area (Å²) in [5.41, 5.74) is 8.37. The second-order valence-corrected chi connectivity index (χ2v) is 10.9. The fraction of sp³-hybridized carbons (Fsp3) is 0.433. The normalized spacial score (nSPS) is 24.0. The number of amides is 2. The molecule has 8 nitrogen and oxygen atoms in total. The zero-order chi connectivity index (χ0) is 27.7. The summed E-state index contributed by atoms with van der Waals surface area (Å²) in [5.74, 6) is -1.57. The first-order chi connectivity index (χ1) is 18.8. The number of carbonyl (C=O) groups is 3. The average Bonchev–Trinajstić information content (AvgIpc) is 3.54. The van der Waals surface area contributed by atoms with Gasteiger partial charge in [-0.2, -0.15) is 0 Å². The molecular formula is C30H35FN4O4. The minimum atomic E-state index is -1.02. The van der Waals surface area contributed by atoms with Gasteiger partial charge < -0.3 is 25.6 Å².